The molecule has 1 heterocycles. The van der Waals surface area contributed by atoms with Crippen LogP contribution in [0.25, 0.3) is 0 Å². The average molecular weight is 279 g/mol. The standard InChI is InChI=1S/C13H17N3O2S/c1-17-12-4-2-11(3-5-12)10-14-15-13(19)16-6-8-18-9-7-16/h2-5,10H,6-9H2,1H3,(H,15,19)/b14-10+. The van der Waals surface area contributed by atoms with Crippen molar-refractivity contribution in [3.8, 4) is 5.75 Å². The highest BCUT2D eigenvalue weighted by Gasteiger charge is 2.12. The van der Waals surface area contributed by atoms with E-state index < -0.39 is 0 Å². The Balaban J connectivity index is 1.83. The van der Waals surface area contributed by atoms with E-state index in [4.69, 9.17) is 21.7 Å². The van der Waals surface area contributed by atoms with Gasteiger partial charge in [-0.25, -0.2) is 0 Å². The largest absolute Gasteiger partial charge is 0.497 e. The lowest BCUT2D eigenvalue weighted by molar-refractivity contribution is 0.0677. The third kappa shape index (κ3) is 4.18. The van der Waals surface area contributed by atoms with Crippen LogP contribution in [0.2, 0.25) is 0 Å². The van der Waals surface area contributed by atoms with Crippen LogP contribution < -0.4 is 10.2 Å². The summed E-state index contributed by atoms with van der Waals surface area (Å²) in [6, 6.07) is 7.65. The third-order valence-electron chi connectivity index (χ3n) is 2.79. The number of hydrogen-bond acceptors (Lipinski definition) is 4. The molecule has 102 valence electrons. The molecule has 1 aliphatic heterocycles. The van der Waals surface area contributed by atoms with Crippen molar-refractivity contribution in [3.05, 3.63) is 29.8 Å². The maximum Gasteiger partial charge on any atom is 0.189 e. The number of rotatable bonds is 3. The molecule has 6 heteroatoms. The van der Waals surface area contributed by atoms with Gasteiger partial charge in [0.05, 0.1) is 26.5 Å². The molecule has 0 aliphatic carbocycles. The monoisotopic (exact) mass is 279 g/mol. The molecule has 1 fully saturated rings. The Morgan fingerprint density at radius 1 is 1.37 bits per heavy atom. The van der Waals surface area contributed by atoms with Crippen molar-refractivity contribution in [1.29, 1.82) is 0 Å². The first-order chi connectivity index (χ1) is 9.29. The van der Waals surface area contributed by atoms with E-state index >= 15 is 0 Å². The second kappa shape index (κ2) is 7.06. The van der Waals surface area contributed by atoms with Crippen LogP contribution in [0.1, 0.15) is 5.56 Å². The first-order valence-electron chi connectivity index (χ1n) is 6.09. The second-order valence-corrected chi connectivity index (χ2v) is 4.43. The van der Waals surface area contributed by atoms with Gasteiger partial charge in [-0.15, -0.1) is 0 Å². The molecule has 1 N–H and O–H groups in total. The summed E-state index contributed by atoms with van der Waals surface area (Å²) in [5.41, 5.74) is 3.85. The Bertz CT molecular complexity index is 442. The summed E-state index contributed by atoms with van der Waals surface area (Å²) in [5, 5.41) is 4.77. The summed E-state index contributed by atoms with van der Waals surface area (Å²) in [5.74, 6) is 0.828. The van der Waals surface area contributed by atoms with E-state index in [9.17, 15) is 0 Å². The lowest BCUT2D eigenvalue weighted by Crippen LogP contribution is -2.44. The topological polar surface area (TPSA) is 46.1 Å². The molecule has 5 nitrogen and oxygen atoms in total. The Morgan fingerprint density at radius 2 is 2.05 bits per heavy atom. The van der Waals surface area contributed by atoms with Gasteiger partial charge in [0, 0.05) is 13.1 Å². The summed E-state index contributed by atoms with van der Waals surface area (Å²) < 4.78 is 10.4. The van der Waals surface area contributed by atoms with Crippen LogP contribution in [0.4, 0.5) is 0 Å². The number of benzene rings is 1. The predicted molar refractivity (Wildman–Crippen MR) is 78.7 cm³/mol. The minimum atomic E-state index is 0.632. The van der Waals surface area contributed by atoms with Crippen LogP contribution in [-0.4, -0.2) is 49.6 Å². The molecule has 0 unspecified atom stereocenters. The highest BCUT2D eigenvalue weighted by atomic mass is 32.1. The Morgan fingerprint density at radius 3 is 2.68 bits per heavy atom. The molecule has 0 atom stereocenters. The molecule has 1 aromatic carbocycles. The first-order valence-corrected chi connectivity index (χ1v) is 6.50. The van der Waals surface area contributed by atoms with Gasteiger partial charge in [0.25, 0.3) is 0 Å². The van der Waals surface area contributed by atoms with E-state index in [0.29, 0.717) is 18.3 Å². The Kier molecular flexibility index (Phi) is 5.11. The van der Waals surface area contributed by atoms with Gasteiger partial charge in [0.2, 0.25) is 0 Å². The lowest BCUT2D eigenvalue weighted by Gasteiger charge is -2.28. The quantitative estimate of drug-likeness (QED) is 0.512. The summed E-state index contributed by atoms with van der Waals surface area (Å²) in [6.45, 7) is 3.04. The fraction of sp³-hybridized carbons (Fsp3) is 0.385. The number of morpholine rings is 1. The van der Waals surface area contributed by atoms with E-state index in [1.54, 1.807) is 13.3 Å². The van der Waals surface area contributed by atoms with E-state index in [1.165, 1.54) is 0 Å². The molecule has 0 saturated carbocycles. The molecule has 0 radical (unpaired) electrons. The molecule has 19 heavy (non-hydrogen) atoms. The third-order valence-corrected chi connectivity index (χ3v) is 3.14. The summed E-state index contributed by atoms with van der Waals surface area (Å²) in [7, 11) is 1.64. The number of methoxy groups -OCH3 is 1. The van der Waals surface area contributed by atoms with Crippen molar-refractivity contribution in [1.82, 2.24) is 10.3 Å². The van der Waals surface area contributed by atoms with Gasteiger partial charge in [-0.05, 0) is 42.0 Å². The van der Waals surface area contributed by atoms with Crippen LogP contribution in [0.3, 0.4) is 0 Å². The highest BCUT2D eigenvalue weighted by Crippen LogP contribution is 2.09. The number of ether oxygens (including phenoxy) is 2. The number of hydrogen-bond donors (Lipinski definition) is 1. The molecule has 0 aromatic heterocycles. The van der Waals surface area contributed by atoms with Crippen LogP contribution in [-0.2, 0) is 4.74 Å². The van der Waals surface area contributed by atoms with E-state index in [2.05, 4.69) is 10.5 Å². The van der Waals surface area contributed by atoms with Crippen molar-refractivity contribution in [2.75, 3.05) is 33.4 Å². The predicted octanol–water partition coefficient (Wildman–Crippen LogP) is 1.24. The molecule has 1 aliphatic rings. The van der Waals surface area contributed by atoms with Crippen molar-refractivity contribution in [2.45, 2.75) is 0 Å². The van der Waals surface area contributed by atoms with Crippen LogP contribution in [0.5, 0.6) is 5.75 Å². The zero-order chi connectivity index (χ0) is 13.5. The van der Waals surface area contributed by atoms with E-state index in [0.717, 1.165) is 24.4 Å². The lowest BCUT2D eigenvalue weighted by atomic mass is 10.2. The summed E-state index contributed by atoms with van der Waals surface area (Å²) >= 11 is 5.25. The molecular formula is C13H17N3O2S. The van der Waals surface area contributed by atoms with E-state index in [-0.39, 0.29) is 0 Å². The average Bonchev–Trinajstić information content (AvgIpc) is 2.49. The molecule has 1 aromatic rings. The van der Waals surface area contributed by atoms with Gasteiger partial charge < -0.3 is 14.4 Å². The molecule has 0 amide bonds. The van der Waals surface area contributed by atoms with Gasteiger partial charge in [0.1, 0.15) is 5.75 Å². The van der Waals surface area contributed by atoms with Crippen molar-refractivity contribution in [2.24, 2.45) is 5.10 Å². The maximum atomic E-state index is 5.27. The maximum absolute atomic E-state index is 5.27. The number of hydrazone groups is 1. The molecule has 0 bridgehead atoms. The first kappa shape index (κ1) is 13.8. The molecular weight excluding hydrogens is 262 g/mol. The Labute approximate surface area is 118 Å². The van der Waals surface area contributed by atoms with Gasteiger partial charge in [-0.3, -0.25) is 5.43 Å². The fourth-order valence-corrected chi connectivity index (χ4v) is 1.92. The zero-order valence-electron chi connectivity index (χ0n) is 10.8. The highest BCUT2D eigenvalue weighted by molar-refractivity contribution is 7.80. The molecule has 2 rings (SSSR count). The minimum Gasteiger partial charge on any atom is -0.497 e. The smallest absolute Gasteiger partial charge is 0.189 e. The zero-order valence-corrected chi connectivity index (χ0v) is 11.7. The summed E-state index contributed by atoms with van der Waals surface area (Å²) in [6.07, 6.45) is 1.73. The van der Waals surface area contributed by atoms with Gasteiger partial charge in [0.15, 0.2) is 5.11 Å². The van der Waals surface area contributed by atoms with Gasteiger partial charge in [-0.2, -0.15) is 5.10 Å². The fourth-order valence-electron chi connectivity index (χ4n) is 1.69. The SMILES string of the molecule is COc1ccc(/C=N/NC(=S)N2CCOCC2)cc1. The van der Waals surface area contributed by atoms with Crippen LogP contribution in [0.15, 0.2) is 29.4 Å². The number of nitrogens with zero attached hydrogens (tertiary/aromatic N) is 2. The van der Waals surface area contributed by atoms with Gasteiger partial charge >= 0.3 is 0 Å². The van der Waals surface area contributed by atoms with Crippen molar-refractivity contribution >= 4 is 23.5 Å². The number of nitrogens with one attached hydrogen (secondary N) is 1. The number of thiocarbonyl (C=S) groups is 1. The second-order valence-electron chi connectivity index (χ2n) is 4.05. The van der Waals surface area contributed by atoms with Crippen LogP contribution in [0, 0.1) is 0 Å². The molecule has 1 saturated heterocycles. The molecule has 0 spiro atoms. The van der Waals surface area contributed by atoms with E-state index in [1.807, 2.05) is 29.2 Å². The summed E-state index contributed by atoms with van der Waals surface area (Å²) in [4.78, 5) is 2.05. The van der Waals surface area contributed by atoms with Gasteiger partial charge in [-0.1, -0.05) is 0 Å². The normalized spacial score (nSPS) is 15.5. The minimum absolute atomic E-state index is 0.632. The van der Waals surface area contributed by atoms with Crippen molar-refractivity contribution < 1.29 is 9.47 Å². The van der Waals surface area contributed by atoms with Crippen molar-refractivity contribution in [3.63, 3.8) is 0 Å². The van der Waals surface area contributed by atoms with Crippen LogP contribution >= 0.6 is 12.2 Å². The Hall–Kier alpha value is -1.66.